The number of aryl methyl sites for hydroxylation is 1. The quantitative estimate of drug-likeness (QED) is 0.560. The van der Waals surface area contributed by atoms with E-state index in [1.807, 2.05) is 18.2 Å². The number of nitrogens with zero attached hydrogens (tertiary/aromatic N) is 2. The summed E-state index contributed by atoms with van der Waals surface area (Å²) in [5, 5.41) is 3.79. The van der Waals surface area contributed by atoms with Crippen molar-refractivity contribution in [2.24, 2.45) is 5.41 Å². The maximum absolute atomic E-state index is 5.52. The number of fused-ring (bicyclic) bond motifs is 1. The number of nitrogens with one attached hydrogen (secondary N) is 1. The highest BCUT2D eigenvalue weighted by Crippen LogP contribution is 2.38. The Morgan fingerprint density at radius 1 is 1.00 bits per heavy atom. The lowest BCUT2D eigenvalue weighted by molar-refractivity contribution is 0.302. The highest BCUT2D eigenvalue weighted by molar-refractivity contribution is 5.79. The first-order chi connectivity index (χ1) is 13.5. The molecule has 0 bridgehead atoms. The van der Waals surface area contributed by atoms with Gasteiger partial charge in [0.25, 0.3) is 0 Å². The Balaban J connectivity index is 2.17. The Kier molecular flexibility index (Phi) is 5.52. The first-order valence-corrected chi connectivity index (χ1v) is 10.0. The number of anilines is 1. The molecular weight excluding hydrogens is 362 g/mol. The van der Waals surface area contributed by atoms with Crippen molar-refractivity contribution in [2.45, 2.75) is 53.5 Å². The maximum atomic E-state index is 5.52. The van der Waals surface area contributed by atoms with Crippen molar-refractivity contribution in [1.82, 2.24) is 9.38 Å². The fourth-order valence-electron chi connectivity index (χ4n) is 4.20. The van der Waals surface area contributed by atoms with E-state index in [1.165, 1.54) is 0 Å². The van der Waals surface area contributed by atoms with Gasteiger partial charge in [-0.3, -0.25) is 4.40 Å². The molecule has 0 spiro atoms. The Morgan fingerprint density at radius 2 is 1.69 bits per heavy atom. The van der Waals surface area contributed by atoms with Gasteiger partial charge >= 0.3 is 0 Å². The number of imidazole rings is 1. The molecule has 0 fully saturated rings. The van der Waals surface area contributed by atoms with Crippen molar-refractivity contribution in [3.8, 4) is 22.8 Å². The van der Waals surface area contributed by atoms with Crippen LogP contribution in [0.25, 0.3) is 16.9 Å². The zero-order valence-corrected chi connectivity index (χ0v) is 18.9. The van der Waals surface area contributed by atoms with Gasteiger partial charge in [0, 0.05) is 17.3 Å². The second kappa shape index (κ2) is 7.62. The average molecular weight is 396 g/mol. The number of aromatic nitrogens is 2. The average Bonchev–Trinajstić information content (AvgIpc) is 2.98. The second-order valence-electron chi connectivity index (χ2n) is 9.51. The lowest BCUT2D eigenvalue weighted by Gasteiger charge is -2.34. The molecule has 0 aliphatic rings. The van der Waals surface area contributed by atoms with Gasteiger partial charge in [-0.2, -0.15) is 0 Å². The molecule has 0 saturated carbocycles. The van der Waals surface area contributed by atoms with Crippen molar-refractivity contribution in [3.63, 3.8) is 0 Å². The summed E-state index contributed by atoms with van der Waals surface area (Å²) in [6.07, 6.45) is 3.08. The van der Waals surface area contributed by atoms with E-state index in [-0.39, 0.29) is 11.0 Å². The van der Waals surface area contributed by atoms with Crippen LogP contribution in [0.2, 0.25) is 0 Å². The summed E-state index contributed by atoms with van der Waals surface area (Å²) < 4.78 is 13.1. The van der Waals surface area contributed by atoms with E-state index in [0.29, 0.717) is 11.5 Å². The minimum Gasteiger partial charge on any atom is -0.493 e. The third-order valence-corrected chi connectivity index (χ3v) is 4.93. The summed E-state index contributed by atoms with van der Waals surface area (Å²) in [5.41, 5.74) is 4.07. The van der Waals surface area contributed by atoms with Crippen LogP contribution in [0.5, 0.6) is 11.5 Å². The SMILES string of the molecule is COc1ccc(-c2nc3c(C)cccn3c2NC(C)(C)CC(C)(C)C)cc1OC. The summed E-state index contributed by atoms with van der Waals surface area (Å²) in [7, 11) is 3.30. The van der Waals surface area contributed by atoms with Crippen LogP contribution >= 0.6 is 0 Å². The predicted octanol–water partition coefficient (Wildman–Crippen LogP) is 5.95. The highest BCUT2D eigenvalue weighted by Gasteiger charge is 2.28. The van der Waals surface area contributed by atoms with E-state index in [0.717, 1.165) is 34.7 Å². The molecule has 2 heterocycles. The Bertz CT molecular complexity index is 1010. The van der Waals surface area contributed by atoms with E-state index < -0.39 is 0 Å². The van der Waals surface area contributed by atoms with Crippen molar-refractivity contribution in [2.75, 3.05) is 19.5 Å². The zero-order valence-electron chi connectivity index (χ0n) is 18.9. The molecule has 1 N–H and O–H groups in total. The molecule has 156 valence electrons. The van der Waals surface area contributed by atoms with Gasteiger partial charge in [-0.15, -0.1) is 0 Å². The highest BCUT2D eigenvalue weighted by atomic mass is 16.5. The number of hydrogen-bond donors (Lipinski definition) is 1. The zero-order chi connectivity index (χ0) is 21.4. The molecule has 29 heavy (non-hydrogen) atoms. The monoisotopic (exact) mass is 395 g/mol. The third kappa shape index (κ3) is 4.50. The van der Waals surface area contributed by atoms with Crippen LogP contribution in [0.1, 0.15) is 46.6 Å². The van der Waals surface area contributed by atoms with Gasteiger partial charge in [0.05, 0.1) is 14.2 Å². The standard InChI is InChI=1S/C24H33N3O2/c1-16-10-9-13-27-21(16)25-20(17-11-12-18(28-7)19(14-17)29-8)22(27)26-24(5,6)15-23(2,3)4/h9-14,26H,15H2,1-8H3. The van der Waals surface area contributed by atoms with Crippen LogP contribution in [0.3, 0.4) is 0 Å². The van der Waals surface area contributed by atoms with Crippen molar-refractivity contribution < 1.29 is 9.47 Å². The summed E-state index contributed by atoms with van der Waals surface area (Å²) in [6, 6.07) is 10.1. The van der Waals surface area contributed by atoms with Crippen LogP contribution in [-0.2, 0) is 0 Å². The molecule has 3 rings (SSSR count). The van der Waals surface area contributed by atoms with Crippen molar-refractivity contribution >= 4 is 11.5 Å². The molecule has 0 amide bonds. The van der Waals surface area contributed by atoms with Gasteiger partial charge < -0.3 is 14.8 Å². The second-order valence-corrected chi connectivity index (χ2v) is 9.51. The van der Waals surface area contributed by atoms with E-state index in [2.05, 4.69) is 69.6 Å². The topological polar surface area (TPSA) is 47.8 Å². The largest absolute Gasteiger partial charge is 0.493 e. The molecule has 1 aromatic carbocycles. The molecular formula is C24H33N3O2. The summed E-state index contributed by atoms with van der Waals surface area (Å²) in [4.78, 5) is 5.00. The van der Waals surface area contributed by atoms with Crippen molar-refractivity contribution in [3.05, 3.63) is 42.1 Å². The lowest BCUT2D eigenvalue weighted by Crippen LogP contribution is -2.36. The number of methoxy groups -OCH3 is 2. The van der Waals surface area contributed by atoms with Crippen LogP contribution in [0, 0.1) is 12.3 Å². The summed E-state index contributed by atoms with van der Waals surface area (Å²) in [5.74, 6) is 2.39. The molecule has 0 unspecified atom stereocenters. The minimum absolute atomic E-state index is 0.108. The fraction of sp³-hybridized carbons (Fsp3) is 0.458. The molecule has 0 saturated heterocycles. The molecule has 0 atom stereocenters. The summed E-state index contributed by atoms with van der Waals surface area (Å²) in [6.45, 7) is 13.4. The van der Waals surface area contributed by atoms with E-state index in [4.69, 9.17) is 14.5 Å². The van der Waals surface area contributed by atoms with Gasteiger partial charge in [-0.1, -0.05) is 26.8 Å². The fourth-order valence-corrected chi connectivity index (χ4v) is 4.20. The predicted molar refractivity (Wildman–Crippen MR) is 120 cm³/mol. The first kappa shape index (κ1) is 21.0. The smallest absolute Gasteiger partial charge is 0.161 e. The number of ether oxygens (including phenoxy) is 2. The molecule has 0 radical (unpaired) electrons. The Labute approximate surface area is 174 Å². The van der Waals surface area contributed by atoms with Crippen molar-refractivity contribution in [1.29, 1.82) is 0 Å². The molecule has 0 aliphatic carbocycles. The maximum Gasteiger partial charge on any atom is 0.161 e. The van der Waals surface area contributed by atoms with Crippen LogP contribution in [0.4, 0.5) is 5.82 Å². The molecule has 0 aliphatic heterocycles. The normalized spacial score (nSPS) is 12.3. The van der Waals surface area contributed by atoms with Gasteiger partial charge in [0.1, 0.15) is 17.2 Å². The molecule has 5 heteroatoms. The first-order valence-electron chi connectivity index (χ1n) is 10.0. The van der Waals surface area contributed by atoms with Crippen LogP contribution in [0.15, 0.2) is 36.5 Å². The van der Waals surface area contributed by atoms with Crippen LogP contribution < -0.4 is 14.8 Å². The van der Waals surface area contributed by atoms with Gasteiger partial charge in [0.15, 0.2) is 11.5 Å². The van der Waals surface area contributed by atoms with Gasteiger partial charge in [0.2, 0.25) is 0 Å². The van der Waals surface area contributed by atoms with E-state index in [9.17, 15) is 0 Å². The molecule has 2 aromatic heterocycles. The number of pyridine rings is 1. The number of hydrogen-bond acceptors (Lipinski definition) is 4. The molecule has 3 aromatic rings. The Hall–Kier alpha value is -2.69. The van der Waals surface area contributed by atoms with E-state index >= 15 is 0 Å². The minimum atomic E-state index is -0.108. The number of rotatable bonds is 6. The molecule has 5 nitrogen and oxygen atoms in total. The summed E-state index contributed by atoms with van der Waals surface area (Å²) >= 11 is 0. The third-order valence-electron chi connectivity index (χ3n) is 4.93. The van der Waals surface area contributed by atoms with E-state index in [1.54, 1.807) is 14.2 Å². The number of benzene rings is 1. The van der Waals surface area contributed by atoms with Gasteiger partial charge in [-0.05, 0) is 62.4 Å². The van der Waals surface area contributed by atoms with Crippen LogP contribution in [-0.4, -0.2) is 29.1 Å². The Morgan fingerprint density at radius 3 is 2.31 bits per heavy atom. The van der Waals surface area contributed by atoms with Gasteiger partial charge in [-0.25, -0.2) is 4.98 Å². The lowest BCUT2D eigenvalue weighted by atomic mass is 9.82.